The lowest BCUT2D eigenvalue weighted by atomic mass is 9.97. The van der Waals surface area contributed by atoms with Crippen LogP contribution in [0.2, 0.25) is 0 Å². The van der Waals surface area contributed by atoms with Gasteiger partial charge in [-0.1, -0.05) is 18.2 Å². The first-order valence-corrected chi connectivity index (χ1v) is 9.18. The number of oxazole rings is 1. The molecular formula is C24H16F2N2O. The zero-order valence-electron chi connectivity index (χ0n) is 15.6. The number of aryl methyl sites for hydroxylation is 1. The Labute approximate surface area is 165 Å². The van der Waals surface area contributed by atoms with Crippen LogP contribution in [0.3, 0.4) is 0 Å². The van der Waals surface area contributed by atoms with Crippen LogP contribution in [0.25, 0.3) is 39.2 Å². The van der Waals surface area contributed by atoms with E-state index in [4.69, 9.17) is 4.42 Å². The number of rotatable bonds is 3. The molecule has 3 aromatic carbocycles. The molecular weight excluding hydrogens is 370 g/mol. The zero-order chi connectivity index (χ0) is 20.0. The van der Waals surface area contributed by atoms with Gasteiger partial charge in [0, 0.05) is 17.1 Å². The average Bonchev–Trinajstić information content (AvgIpc) is 3.38. The third-order valence-corrected chi connectivity index (χ3v) is 5.10. The van der Waals surface area contributed by atoms with E-state index in [9.17, 15) is 8.78 Å². The molecule has 0 N–H and O–H groups in total. The highest BCUT2D eigenvalue weighted by atomic mass is 19.1. The van der Waals surface area contributed by atoms with Crippen molar-refractivity contribution in [2.24, 2.45) is 0 Å². The van der Waals surface area contributed by atoms with E-state index in [1.807, 2.05) is 49.4 Å². The molecule has 0 spiro atoms. The lowest BCUT2D eigenvalue weighted by Gasteiger charge is -2.10. The van der Waals surface area contributed by atoms with Crippen LogP contribution in [0.5, 0.6) is 0 Å². The lowest BCUT2D eigenvalue weighted by molar-refractivity contribution is 0.571. The second-order valence-electron chi connectivity index (χ2n) is 6.90. The standard InChI is InChI=1S/C24H16F2N2O/c1-15-5-6-18(24-27-10-12-29-24)14-19(15)16-7-8-22-17(13-16)9-11-28(22)23-20(25)3-2-4-21(23)26/h2-14H,1H3. The number of halogens is 2. The molecule has 0 bridgehead atoms. The fourth-order valence-corrected chi connectivity index (χ4v) is 3.66. The summed E-state index contributed by atoms with van der Waals surface area (Å²) in [4.78, 5) is 4.21. The third-order valence-electron chi connectivity index (χ3n) is 5.10. The Morgan fingerprint density at radius 1 is 0.897 bits per heavy atom. The summed E-state index contributed by atoms with van der Waals surface area (Å²) >= 11 is 0. The lowest BCUT2D eigenvalue weighted by Crippen LogP contribution is -1.99. The second-order valence-corrected chi connectivity index (χ2v) is 6.90. The quantitative estimate of drug-likeness (QED) is 0.352. The van der Waals surface area contributed by atoms with Crippen molar-refractivity contribution in [3.63, 3.8) is 0 Å². The Morgan fingerprint density at radius 2 is 1.69 bits per heavy atom. The zero-order valence-corrected chi connectivity index (χ0v) is 15.6. The van der Waals surface area contributed by atoms with Crippen LogP contribution in [0.1, 0.15) is 5.56 Å². The SMILES string of the molecule is Cc1ccc(-c2ncco2)cc1-c1ccc2c(ccn2-c2c(F)cccc2F)c1. The molecule has 0 atom stereocenters. The predicted molar refractivity (Wildman–Crippen MR) is 109 cm³/mol. The minimum Gasteiger partial charge on any atom is -0.445 e. The number of hydrogen-bond acceptors (Lipinski definition) is 2. The number of fused-ring (bicyclic) bond motifs is 1. The van der Waals surface area contributed by atoms with E-state index < -0.39 is 11.6 Å². The fraction of sp³-hybridized carbons (Fsp3) is 0.0417. The van der Waals surface area contributed by atoms with E-state index in [-0.39, 0.29) is 5.69 Å². The molecule has 5 rings (SSSR count). The Kier molecular flexibility index (Phi) is 4.02. The van der Waals surface area contributed by atoms with Gasteiger partial charge in [-0.05, 0) is 66.1 Å². The molecule has 0 saturated carbocycles. The summed E-state index contributed by atoms with van der Waals surface area (Å²) in [6.45, 7) is 2.04. The summed E-state index contributed by atoms with van der Waals surface area (Å²) in [7, 11) is 0. The number of aromatic nitrogens is 2. The van der Waals surface area contributed by atoms with E-state index in [0.29, 0.717) is 5.89 Å². The maximum absolute atomic E-state index is 14.2. The summed E-state index contributed by atoms with van der Waals surface area (Å²) in [5.41, 5.74) is 4.72. The molecule has 0 aliphatic heterocycles. The minimum atomic E-state index is -0.596. The molecule has 5 heteroatoms. The van der Waals surface area contributed by atoms with Gasteiger partial charge in [-0.3, -0.25) is 0 Å². The first-order chi connectivity index (χ1) is 14.1. The molecule has 0 aliphatic rings. The maximum atomic E-state index is 14.2. The Hall–Kier alpha value is -3.73. The van der Waals surface area contributed by atoms with Crippen molar-refractivity contribution in [2.45, 2.75) is 6.92 Å². The van der Waals surface area contributed by atoms with Crippen molar-refractivity contribution >= 4 is 10.9 Å². The fourth-order valence-electron chi connectivity index (χ4n) is 3.66. The van der Waals surface area contributed by atoms with E-state index in [1.165, 1.54) is 18.2 Å². The normalized spacial score (nSPS) is 11.3. The van der Waals surface area contributed by atoms with Crippen LogP contribution in [0.15, 0.2) is 83.7 Å². The average molecular weight is 386 g/mol. The molecule has 142 valence electrons. The summed E-state index contributed by atoms with van der Waals surface area (Å²) in [6.07, 6.45) is 4.85. The van der Waals surface area contributed by atoms with Crippen LogP contribution < -0.4 is 0 Å². The van der Waals surface area contributed by atoms with Crippen LogP contribution in [-0.4, -0.2) is 9.55 Å². The van der Waals surface area contributed by atoms with Gasteiger partial charge in [-0.25, -0.2) is 13.8 Å². The van der Waals surface area contributed by atoms with Crippen molar-refractivity contribution in [1.82, 2.24) is 9.55 Å². The van der Waals surface area contributed by atoms with Gasteiger partial charge >= 0.3 is 0 Å². The largest absolute Gasteiger partial charge is 0.445 e. The molecule has 0 saturated heterocycles. The molecule has 0 unspecified atom stereocenters. The van der Waals surface area contributed by atoms with E-state index in [1.54, 1.807) is 23.2 Å². The van der Waals surface area contributed by atoms with Gasteiger partial charge in [0.2, 0.25) is 5.89 Å². The second kappa shape index (κ2) is 6.71. The number of hydrogen-bond donors (Lipinski definition) is 0. The molecule has 29 heavy (non-hydrogen) atoms. The van der Waals surface area contributed by atoms with Crippen molar-refractivity contribution in [3.8, 4) is 28.3 Å². The molecule has 2 heterocycles. The monoisotopic (exact) mass is 386 g/mol. The van der Waals surface area contributed by atoms with Gasteiger partial charge in [0.15, 0.2) is 0 Å². The van der Waals surface area contributed by atoms with Gasteiger partial charge in [0.1, 0.15) is 23.6 Å². The van der Waals surface area contributed by atoms with Crippen LogP contribution in [0, 0.1) is 18.6 Å². The van der Waals surface area contributed by atoms with Gasteiger partial charge in [0.05, 0.1) is 11.7 Å². The molecule has 2 aromatic heterocycles. The van der Waals surface area contributed by atoms with Gasteiger partial charge in [-0.15, -0.1) is 0 Å². The van der Waals surface area contributed by atoms with E-state index in [0.717, 1.165) is 33.2 Å². The summed E-state index contributed by atoms with van der Waals surface area (Å²) in [5, 5.41) is 0.895. The Balaban J connectivity index is 1.63. The predicted octanol–water partition coefficient (Wildman–Crippen LogP) is 6.54. The first-order valence-electron chi connectivity index (χ1n) is 9.18. The Bertz CT molecular complexity index is 1320. The molecule has 0 aliphatic carbocycles. The molecule has 5 aromatic rings. The number of benzene rings is 3. The molecule has 0 fully saturated rings. The van der Waals surface area contributed by atoms with Crippen molar-refractivity contribution < 1.29 is 13.2 Å². The molecule has 0 amide bonds. The van der Waals surface area contributed by atoms with Gasteiger partial charge in [0.25, 0.3) is 0 Å². The van der Waals surface area contributed by atoms with Crippen LogP contribution >= 0.6 is 0 Å². The summed E-state index contributed by atoms with van der Waals surface area (Å²) in [6, 6.07) is 17.6. The highest BCUT2D eigenvalue weighted by Crippen LogP contribution is 2.32. The number of para-hydroxylation sites is 1. The third kappa shape index (κ3) is 2.91. The van der Waals surface area contributed by atoms with Crippen molar-refractivity contribution in [1.29, 1.82) is 0 Å². The number of nitrogens with zero attached hydrogens (tertiary/aromatic N) is 2. The highest BCUT2D eigenvalue weighted by Gasteiger charge is 2.14. The van der Waals surface area contributed by atoms with E-state index in [2.05, 4.69) is 4.98 Å². The Morgan fingerprint density at radius 3 is 2.45 bits per heavy atom. The van der Waals surface area contributed by atoms with Crippen molar-refractivity contribution in [3.05, 3.63) is 96.5 Å². The van der Waals surface area contributed by atoms with Crippen molar-refractivity contribution in [2.75, 3.05) is 0 Å². The smallest absolute Gasteiger partial charge is 0.225 e. The van der Waals surface area contributed by atoms with E-state index >= 15 is 0 Å². The topological polar surface area (TPSA) is 31.0 Å². The summed E-state index contributed by atoms with van der Waals surface area (Å²) < 4.78 is 35.4. The van der Waals surface area contributed by atoms with Crippen LogP contribution in [0.4, 0.5) is 8.78 Å². The summed E-state index contributed by atoms with van der Waals surface area (Å²) in [5.74, 6) is -0.629. The van der Waals surface area contributed by atoms with Crippen LogP contribution in [-0.2, 0) is 0 Å². The highest BCUT2D eigenvalue weighted by molar-refractivity contribution is 5.88. The maximum Gasteiger partial charge on any atom is 0.225 e. The molecule has 3 nitrogen and oxygen atoms in total. The molecule has 0 radical (unpaired) electrons. The van der Waals surface area contributed by atoms with Gasteiger partial charge < -0.3 is 8.98 Å². The first kappa shape index (κ1) is 17.4. The minimum absolute atomic E-state index is 0.0719. The van der Waals surface area contributed by atoms with Gasteiger partial charge in [-0.2, -0.15) is 0 Å².